The van der Waals surface area contributed by atoms with Gasteiger partial charge in [0.25, 0.3) is 0 Å². The third-order valence-corrected chi connectivity index (χ3v) is 6.73. The zero-order valence-corrected chi connectivity index (χ0v) is 21.3. The minimum Gasteiger partial charge on any atom is -0.465 e. The summed E-state index contributed by atoms with van der Waals surface area (Å²) < 4.78 is 4.63. The van der Waals surface area contributed by atoms with E-state index < -0.39 is 12.2 Å². The molecule has 4 aromatic rings. The molecule has 10 heteroatoms. The Balaban J connectivity index is 1.40. The number of carbonyl (C=O) groups is 2. The Morgan fingerprint density at radius 3 is 2.47 bits per heavy atom. The van der Waals surface area contributed by atoms with E-state index in [9.17, 15) is 14.7 Å². The summed E-state index contributed by atoms with van der Waals surface area (Å²) in [5, 5.41) is 14.8. The largest absolute Gasteiger partial charge is 0.465 e. The van der Waals surface area contributed by atoms with E-state index in [2.05, 4.69) is 20.4 Å². The Labute approximate surface area is 224 Å². The van der Waals surface area contributed by atoms with Crippen molar-refractivity contribution < 1.29 is 19.4 Å². The average molecular weight is 532 g/mol. The molecule has 1 saturated carbocycles. The van der Waals surface area contributed by atoms with Crippen molar-refractivity contribution >= 4 is 35.2 Å². The molecule has 1 aliphatic rings. The van der Waals surface area contributed by atoms with Crippen LogP contribution in [0.15, 0.2) is 67.0 Å². The number of carbonyl (C=O) groups excluding carboxylic acids is 1. The lowest BCUT2D eigenvalue weighted by Crippen LogP contribution is -2.10. The van der Waals surface area contributed by atoms with E-state index in [4.69, 9.17) is 21.6 Å². The van der Waals surface area contributed by atoms with Gasteiger partial charge in [0, 0.05) is 28.0 Å². The van der Waals surface area contributed by atoms with Crippen molar-refractivity contribution in [2.24, 2.45) is 5.92 Å². The number of nitrogens with one attached hydrogen (secondary N) is 3. The number of carboxylic acid groups (broad SMARTS) is 1. The molecule has 2 heterocycles. The molecule has 0 bridgehead atoms. The van der Waals surface area contributed by atoms with Crippen LogP contribution in [-0.4, -0.2) is 39.4 Å². The Bertz CT molecular complexity index is 1450. The van der Waals surface area contributed by atoms with Gasteiger partial charge < -0.3 is 14.8 Å². The van der Waals surface area contributed by atoms with E-state index in [1.165, 1.54) is 20.0 Å². The van der Waals surface area contributed by atoms with Crippen molar-refractivity contribution in [2.45, 2.75) is 25.2 Å². The molecule has 0 radical (unpaired) electrons. The maximum atomic E-state index is 11.4. The number of H-pyrrole nitrogens is 1. The molecule has 5 rings (SSSR count). The number of methoxy groups -OCH3 is 1. The van der Waals surface area contributed by atoms with Gasteiger partial charge in [-0.05, 0) is 54.3 Å². The smallest absolute Gasteiger partial charge is 0.411 e. The summed E-state index contributed by atoms with van der Waals surface area (Å²) in [6.45, 7) is 0. The van der Waals surface area contributed by atoms with Crippen LogP contribution in [0.5, 0.6) is 0 Å². The van der Waals surface area contributed by atoms with E-state index in [0.29, 0.717) is 27.9 Å². The van der Waals surface area contributed by atoms with Crippen LogP contribution < -0.4 is 10.6 Å². The van der Waals surface area contributed by atoms with Gasteiger partial charge in [0.1, 0.15) is 5.82 Å². The van der Waals surface area contributed by atoms with Crippen LogP contribution >= 0.6 is 11.6 Å². The van der Waals surface area contributed by atoms with Gasteiger partial charge in [-0.1, -0.05) is 42.6 Å². The lowest BCUT2D eigenvalue weighted by atomic mass is 9.95. The highest BCUT2D eigenvalue weighted by Crippen LogP contribution is 2.41. The summed E-state index contributed by atoms with van der Waals surface area (Å²) in [7, 11) is 1.32. The van der Waals surface area contributed by atoms with Crippen molar-refractivity contribution in [1.82, 2.24) is 15.0 Å². The van der Waals surface area contributed by atoms with Crippen molar-refractivity contribution in [3.63, 3.8) is 0 Å². The highest BCUT2D eigenvalue weighted by molar-refractivity contribution is 6.31. The summed E-state index contributed by atoms with van der Waals surface area (Å²) in [5.74, 6) is 1.46. The van der Waals surface area contributed by atoms with Crippen molar-refractivity contribution in [3.05, 3.63) is 83.5 Å². The molecular formula is C28H26ClN5O4. The summed E-state index contributed by atoms with van der Waals surface area (Å²) >= 11 is 6.19. The van der Waals surface area contributed by atoms with Crippen molar-refractivity contribution in [1.29, 1.82) is 0 Å². The van der Waals surface area contributed by atoms with Crippen LogP contribution in [0.1, 0.15) is 36.7 Å². The van der Waals surface area contributed by atoms with Crippen LogP contribution in [0.2, 0.25) is 5.02 Å². The first kappa shape index (κ1) is 25.3. The van der Waals surface area contributed by atoms with Gasteiger partial charge in [-0.2, -0.15) is 0 Å². The topological polar surface area (TPSA) is 129 Å². The van der Waals surface area contributed by atoms with Gasteiger partial charge in [-0.3, -0.25) is 15.6 Å². The highest BCUT2D eigenvalue weighted by atomic mass is 35.5. The van der Waals surface area contributed by atoms with Crippen molar-refractivity contribution in [3.8, 4) is 22.4 Å². The molecule has 0 saturated heterocycles. The predicted octanol–water partition coefficient (Wildman–Crippen LogP) is 6.99. The molecule has 2 aromatic carbocycles. The second-order valence-corrected chi connectivity index (χ2v) is 9.64. The minimum absolute atomic E-state index is 0.0125. The molecule has 9 nitrogen and oxygen atoms in total. The van der Waals surface area contributed by atoms with Gasteiger partial charge in [-0.15, -0.1) is 0 Å². The normalized spacial score (nSPS) is 13.5. The number of benzene rings is 2. The third kappa shape index (κ3) is 5.95. The number of ether oxygens (including phenoxy) is 1. The van der Waals surface area contributed by atoms with E-state index >= 15 is 0 Å². The van der Waals surface area contributed by atoms with Gasteiger partial charge in [0.2, 0.25) is 0 Å². The van der Waals surface area contributed by atoms with E-state index in [-0.39, 0.29) is 5.92 Å². The molecule has 38 heavy (non-hydrogen) atoms. The second kappa shape index (κ2) is 10.9. The molecule has 0 aliphatic heterocycles. The molecule has 0 spiro atoms. The molecule has 1 atom stereocenters. The quantitative estimate of drug-likeness (QED) is 0.194. The number of pyridine rings is 1. The van der Waals surface area contributed by atoms with Crippen LogP contribution in [0.25, 0.3) is 22.4 Å². The number of hydrogen-bond acceptors (Lipinski definition) is 5. The Morgan fingerprint density at radius 2 is 1.82 bits per heavy atom. The Kier molecular flexibility index (Phi) is 7.28. The predicted molar refractivity (Wildman–Crippen MR) is 146 cm³/mol. The SMILES string of the molecule is COC(=O)Nc1ccc(-c2cnc(C(CC3CC3)c3ccc(-c4cc(Cl)ccc4NC(=O)O)cn3)[nH]2)cc1. The maximum Gasteiger partial charge on any atom is 0.411 e. The lowest BCUT2D eigenvalue weighted by molar-refractivity contribution is 0.187. The van der Waals surface area contributed by atoms with Gasteiger partial charge in [0.15, 0.2) is 0 Å². The fourth-order valence-electron chi connectivity index (χ4n) is 4.37. The maximum absolute atomic E-state index is 11.4. The number of imidazole rings is 1. The summed E-state index contributed by atoms with van der Waals surface area (Å²) in [6.07, 6.45) is 5.21. The Morgan fingerprint density at radius 1 is 1.05 bits per heavy atom. The number of nitrogens with zero attached hydrogens (tertiary/aromatic N) is 2. The number of rotatable bonds is 8. The van der Waals surface area contributed by atoms with E-state index in [1.54, 1.807) is 36.5 Å². The molecule has 1 unspecified atom stereocenters. The van der Waals surface area contributed by atoms with Crippen molar-refractivity contribution in [2.75, 3.05) is 17.7 Å². The van der Waals surface area contributed by atoms with Gasteiger partial charge in [-0.25, -0.2) is 14.6 Å². The molecule has 1 fully saturated rings. The molecule has 1 aliphatic carbocycles. The van der Waals surface area contributed by atoms with Gasteiger partial charge in [0.05, 0.1) is 36.3 Å². The third-order valence-electron chi connectivity index (χ3n) is 6.50. The number of amides is 2. The first-order valence-electron chi connectivity index (χ1n) is 12.2. The second-order valence-electron chi connectivity index (χ2n) is 9.20. The fraction of sp³-hybridized carbons (Fsp3) is 0.214. The molecule has 4 N–H and O–H groups in total. The molecule has 2 amide bonds. The molecular weight excluding hydrogens is 506 g/mol. The number of aromatic nitrogens is 3. The summed E-state index contributed by atoms with van der Waals surface area (Å²) in [5.41, 5.74) is 5.17. The van der Waals surface area contributed by atoms with Gasteiger partial charge >= 0.3 is 12.2 Å². The minimum atomic E-state index is -1.15. The number of hydrogen-bond donors (Lipinski definition) is 4. The standard InChI is InChI=1S/C28H26ClN5O4/c1-38-28(37)32-20-8-4-17(5-9-20)25-15-31-26(33-25)22(12-16-2-3-16)23-10-6-18(14-30-23)21-13-19(29)7-11-24(21)34-27(35)36/h4-11,13-16,22,34H,2-3,12H2,1H3,(H,31,33)(H,32,37)(H,35,36). The first-order chi connectivity index (χ1) is 18.4. The summed E-state index contributed by atoms with van der Waals surface area (Å²) in [4.78, 5) is 35.6. The zero-order chi connectivity index (χ0) is 26.6. The van der Waals surface area contributed by atoms with E-state index in [1.807, 2.05) is 30.5 Å². The number of halogens is 1. The Hall–Kier alpha value is -4.37. The molecule has 2 aromatic heterocycles. The lowest BCUT2D eigenvalue weighted by Gasteiger charge is -2.15. The average Bonchev–Trinajstić information content (AvgIpc) is 3.61. The number of anilines is 2. The van der Waals surface area contributed by atoms with Crippen LogP contribution in [0.4, 0.5) is 21.0 Å². The van der Waals surface area contributed by atoms with Crippen LogP contribution in [0, 0.1) is 5.92 Å². The zero-order valence-electron chi connectivity index (χ0n) is 20.6. The monoisotopic (exact) mass is 531 g/mol. The summed E-state index contributed by atoms with van der Waals surface area (Å²) in [6, 6.07) is 16.3. The van der Waals surface area contributed by atoms with Crippen LogP contribution in [-0.2, 0) is 4.74 Å². The van der Waals surface area contributed by atoms with E-state index in [0.717, 1.165) is 34.8 Å². The first-order valence-corrected chi connectivity index (χ1v) is 12.5. The van der Waals surface area contributed by atoms with Crippen LogP contribution in [0.3, 0.4) is 0 Å². The fourth-order valence-corrected chi connectivity index (χ4v) is 4.54. The highest BCUT2D eigenvalue weighted by Gasteiger charge is 2.29. The number of aromatic amines is 1. The molecule has 194 valence electrons.